The molecule has 1 N–H and O–H groups in total. The van der Waals surface area contributed by atoms with Gasteiger partial charge in [0.1, 0.15) is 5.75 Å². The number of fused-ring (bicyclic) bond motifs is 1. The Balaban J connectivity index is 1.70. The quantitative estimate of drug-likeness (QED) is 0.780. The maximum atomic E-state index is 9.49. The lowest BCUT2D eigenvalue weighted by atomic mass is 10.2. The SMILES string of the molecule is Oc1cccc(-c2noc(-c3cc4c(s3)CCC4)n2)c1. The zero-order chi connectivity index (χ0) is 13.5. The predicted molar refractivity (Wildman–Crippen MR) is 76.7 cm³/mol. The fraction of sp³-hybridized carbons (Fsp3) is 0.200. The summed E-state index contributed by atoms with van der Waals surface area (Å²) in [5.74, 6) is 1.26. The third-order valence-electron chi connectivity index (χ3n) is 3.49. The zero-order valence-corrected chi connectivity index (χ0v) is 11.5. The molecule has 2 aromatic heterocycles. The second-order valence-corrected chi connectivity index (χ2v) is 6.02. The number of hydrogen-bond acceptors (Lipinski definition) is 5. The third-order valence-corrected chi connectivity index (χ3v) is 4.71. The molecule has 0 saturated carbocycles. The molecule has 0 saturated heterocycles. The highest BCUT2D eigenvalue weighted by Crippen LogP contribution is 2.36. The molecule has 0 atom stereocenters. The lowest BCUT2D eigenvalue weighted by Gasteiger charge is -1.94. The highest BCUT2D eigenvalue weighted by Gasteiger charge is 2.19. The van der Waals surface area contributed by atoms with Crippen LogP contribution in [-0.2, 0) is 12.8 Å². The van der Waals surface area contributed by atoms with Crippen LogP contribution in [-0.4, -0.2) is 15.2 Å². The number of benzene rings is 1. The predicted octanol–water partition coefficient (Wildman–Crippen LogP) is 3.66. The van der Waals surface area contributed by atoms with Crippen LogP contribution in [0.25, 0.3) is 22.2 Å². The van der Waals surface area contributed by atoms with Gasteiger partial charge in [0, 0.05) is 10.4 Å². The molecule has 2 heterocycles. The Morgan fingerprint density at radius 2 is 2.15 bits per heavy atom. The molecule has 1 aliphatic carbocycles. The van der Waals surface area contributed by atoms with Crippen molar-refractivity contribution < 1.29 is 9.63 Å². The molecule has 0 unspecified atom stereocenters. The van der Waals surface area contributed by atoms with Gasteiger partial charge in [0.25, 0.3) is 5.89 Å². The van der Waals surface area contributed by atoms with E-state index in [1.807, 2.05) is 6.07 Å². The molecule has 0 spiro atoms. The van der Waals surface area contributed by atoms with Gasteiger partial charge in [0.2, 0.25) is 5.82 Å². The van der Waals surface area contributed by atoms with Crippen molar-refractivity contribution in [2.45, 2.75) is 19.3 Å². The van der Waals surface area contributed by atoms with Crippen LogP contribution in [0.1, 0.15) is 16.9 Å². The summed E-state index contributed by atoms with van der Waals surface area (Å²) in [7, 11) is 0. The molecule has 3 aromatic rings. The lowest BCUT2D eigenvalue weighted by Crippen LogP contribution is -1.80. The Hall–Kier alpha value is -2.14. The van der Waals surface area contributed by atoms with Crippen molar-refractivity contribution in [2.24, 2.45) is 0 Å². The number of thiophene rings is 1. The van der Waals surface area contributed by atoms with Crippen molar-refractivity contribution in [3.8, 4) is 27.9 Å². The van der Waals surface area contributed by atoms with E-state index in [0.717, 1.165) is 23.3 Å². The summed E-state index contributed by atoms with van der Waals surface area (Å²) in [6.45, 7) is 0. The van der Waals surface area contributed by atoms with Crippen molar-refractivity contribution in [1.82, 2.24) is 10.1 Å². The van der Waals surface area contributed by atoms with Gasteiger partial charge in [-0.15, -0.1) is 11.3 Å². The van der Waals surface area contributed by atoms with E-state index in [4.69, 9.17) is 4.52 Å². The number of phenols is 1. The van der Waals surface area contributed by atoms with Crippen LogP contribution in [0.5, 0.6) is 5.75 Å². The summed E-state index contributed by atoms with van der Waals surface area (Å²) in [6, 6.07) is 9.02. The fourth-order valence-corrected chi connectivity index (χ4v) is 3.70. The maximum absolute atomic E-state index is 9.49. The van der Waals surface area contributed by atoms with Crippen molar-refractivity contribution in [3.05, 3.63) is 40.8 Å². The topological polar surface area (TPSA) is 59.2 Å². The van der Waals surface area contributed by atoms with Crippen molar-refractivity contribution >= 4 is 11.3 Å². The van der Waals surface area contributed by atoms with Crippen LogP contribution in [0.4, 0.5) is 0 Å². The van der Waals surface area contributed by atoms with Crippen molar-refractivity contribution in [2.75, 3.05) is 0 Å². The first-order valence-electron chi connectivity index (χ1n) is 6.55. The van der Waals surface area contributed by atoms with E-state index in [-0.39, 0.29) is 5.75 Å². The largest absolute Gasteiger partial charge is 0.508 e. The molecular formula is C15H12N2O2S. The van der Waals surface area contributed by atoms with Crippen LogP contribution in [0, 0.1) is 0 Å². The van der Waals surface area contributed by atoms with Gasteiger partial charge in [-0.2, -0.15) is 4.98 Å². The van der Waals surface area contributed by atoms with E-state index in [0.29, 0.717) is 11.7 Å². The van der Waals surface area contributed by atoms with E-state index in [1.54, 1.807) is 29.5 Å². The summed E-state index contributed by atoms with van der Waals surface area (Å²) < 4.78 is 5.35. The van der Waals surface area contributed by atoms with Gasteiger partial charge in [0.05, 0.1) is 4.88 Å². The second-order valence-electron chi connectivity index (χ2n) is 4.89. The van der Waals surface area contributed by atoms with Crippen molar-refractivity contribution in [3.63, 3.8) is 0 Å². The molecule has 0 fully saturated rings. The Morgan fingerprint density at radius 1 is 1.20 bits per heavy atom. The van der Waals surface area contributed by atoms with E-state index in [9.17, 15) is 5.11 Å². The minimum absolute atomic E-state index is 0.198. The fourth-order valence-electron chi connectivity index (χ4n) is 2.52. The first-order valence-corrected chi connectivity index (χ1v) is 7.36. The van der Waals surface area contributed by atoms with Crippen LogP contribution < -0.4 is 0 Å². The standard InChI is InChI=1S/C15H12N2O2S/c18-11-5-1-4-10(7-11)14-16-15(19-17-14)13-8-9-3-2-6-12(9)20-13/h1,4-5,7-8,18H,2-3,6H2. The van der Waals surface area contributed by atoms with Gasteiger partial charge in [-0.25, -0.2) is 0 Å². The van der Waals surface area contributed by atoms with Gasteiger partial charge in [-0.05, 0) is 43.0 Å². The number of phenolic OH excluding ortho intramolecular Hbond substituents is 1. The molecular weight excluding hydrogens is 272 g/mol. The summed E-state index contributed by atoms with van der Waals surface area (Å²) in [5, 5.41) is 13.5. The van der Waals surface area contributed by atoms with Crippen LogP contribution >= 0.6 is 11.3 Å². The van der Waals surface area contributed by atoms with E-state index in [2.05, 4.69) is 16.2 Å². The molecule has 4 rings (SSSR count). The summed E-state index contributed by atoms with van der Waals surface area (Å²) >= 11 is 1.74. The number of aryl methyl sites for hydroxylation is 2. The third kappa shape index (κ3) is 1.91. The van der Waals surface area contributed by atoms with Gasteiger partial charge in [-0.3, -0.25) is 0 Å². The number of rotatable bonds is 2. The normalized spacial score (nSPS) is 13.6. The minimum atomic E-state index is 0.198. The molecule has 100 valence electrons. The Kier molecular flexibility index (Phi) is 2.60. The summed E-state index contributed by atoms with van der Waals surface area (Å²) in [6.07, 6.45) is 3.56. The molecule has 1 aromatic carbocycles. The van der Waals surface area contributed by atoms with Crippen LogP contribution in [0.3, 0.4) is 0 Å². The number of hydrogen-bond donors (Lipinski definition) is 1. The summed E-state index contributed by atoms with van der Waals surface area (Å²) in [5.41, 5.74) is 2.17. The summed E-state index contributed by atoms with van der Waals surface area (Å²) in [4.78, 5) is 6.90. The number of aromatic nitrogens is 2. The molecule has 0 amide bonds. The Morgan fingerprint density at radius 3 is 3.00 bits per heavy atom. The molecule has 0 aliphatic heterocycles. The van der Waals surface area contributed by atoms with Gasteiger partial charge in [-0.1, -0.05) is 17.3 Å². The first-order chi connectivity index (χ1) is 9.79. The molecule has 0 bridgehead atoms. The first kappa shape index (κ1) is 11.7. The van der Waals surface area contributed by atoms with Crippen molar-refractivity contribution in [1.29, 1.82) is 0 Å². The average Bonchev–Trinajstić information content (AvgIpc) is 3.13. The smallest absolute Gasteiger partial charge is 0.268 e. The van der Waals surface area contributed by atoms with Crippen LogP contribution in [0.2, 0.25) is 0 Å². The van der Waals surface area contributed by atoms with Gasteiger partial charge < -0.3 is 9.63 Å². The maximum Gasteiger partial charge on any atom is 0.268 e. The van der Waals surface area contributed by atoms with Gasteiger partial charge >= 0.3 is 0 Å². The number of aromatic hydroxyl groups is 1. The second kappa shape index (κ2) is 4.45. The highest BCUT2D eigenvalue weighted by molar-refractivity contribution is 7.15. The molecule has 0 radical (unpaired) electrons. The lowest BCUT2D eigenvalue weighted by molar-refractivity contribution is 0.433. The number of nitrogens with zero attached hydrogens (tertiary/aromatic N) is 2. The monoisotopic (exact) mass is 284 g/mol. The molecule has 1 aliphatic rings. The van der Waals surface area contributed by atoms with Gasteiger partial charge in [0.15, 0.2) is 0 Å². The highest BCUT2D eigenvalue weighted by atomic mass is 32.1. The van der Waals surface area contributed by atoms with E-state index in [1.165, 1.54) is 16.9 Å². The minimum Gasteiger partial charge on any atom is -0.508 e. The Bertz CT molecular complexity index is 754. The van der Waals surface area contributed by atoms with Crippen LogP contribution in [0.15, 0.2) is 34.9 Å². The average molecular weight is 284 g/mol. The van der Waals surface area contributed by atoms with E-state index >= 15 is 0 Å². The Labute approximate surface area is 119 Å². The molecule has 4 nitrogen and oxygen atoms in total. The van der Waals surface area contributed by atoms with E-state index < -0.39 is 0 Å². The molecule has 5 heteroatoms. The molecule has 20 heavy (non-hydrogen) atoms. The zero-order valence-electron chi connectivity index (χ0n) is 10.7.